The average molecular weight is 297 g/mol. The molecule has 0 saturated carbocycles. The minimum atomic E-state index is -0.528. The first-order chi connectivity index (χ1) is 10.6. The lowest BCUT2D eigenvalue weighted by atomic mass is 10.2. The zero-order valence-corrected chi connectivity index (χ0v) is 11.7. The minimum absolute atomic E-state index is 0.324. The van der Waals surface area contributed by atoms with Crippen molar-refractivity contribution in [3.8, 4) is 5.75 Å². The van der Waals surface area contributed by atoms with Gasteiger partial charge in [-0.2, -0.15) is 0 Å². The van der Waals surface area contributed by atoms with Gasteiger partial charge in [0.1, 0.15) is 17.1 Å². The molecular weight excluding hydrogens is 285 g/mol. The molecule has 0 unspecified atom stereocenters. The number of benzene rings is 2. The first-order valence-corrected chi connectivity index (χ1v) is 6.63. The third-order valence-corrected chi connectivity index (χ3v) is 2.97. The molecule has 0 aliphatic heterocycles. The van der Waals surface area contributed by atoms with Crippen molar-refractivity contribution in [3.05, 3.63) is 65.8 Å². The summed E-state index contributed by atoms with van der Waals surface area (Å²) in [7, 11) is 0. The van der Waals surface area contributed by atoms with Gasteiger partial charge in [-0.25, -0.2) is 14.2 Å². The number of aryl methyl sites for hydroxylation is 1. The van der Waals surface area contributed by atoms with Crippen LogP contribution in [0.2, 0.25) is 0 Å². The van der Waals surface area contributed by atoms with Crippen molar-refractivity contribution in [2.45, 2.75) is 6.92 Å². The molecule has 4 nitrogen and oxygen atoms in total. The predicted molar refractivity (Wildman–Crippen MR) is 79.8 cm³/mol. The molecule has 3 rings (SSSR count). The maximum Gasteiger partial charge on any atom is 0.336 e. The fourth-order valence-corrected chi connectivity index (χ4v) is 1.97. The van der Waals surface area contributed by atoms with Crippen molar-refractivity contribution in [1.29, 1.82) is 0 Å². The van der Waals surface area contributed by atoms with E-state index < -0.39 is 5.97 Å². The zero-order valence-electron chi connectivity index (χ0n) is 11.7. The Labute approximate surface area is 125 Å². The fourth-order valence-electron chi connectivity index (χ4n) is 1.97. The van der Waals surface area contributed by atoms with Crippen LogP contribution in [0.4, 0.5) is 4.39 Å². The highest BCUT2D eigenvalue weighted by Crippen LogP contribution is 2.21. The van der Waals surface area contributed by atoms with Crippen molar-refractivity contribution < 1.29 is 18.3 Å². The van der Waals surface area contributed by atoms with Crippen LogP contribution in [0.25, 0.3) is 17.2 Å². The van der Waals surface area contributed by atoms with Crippen LogP contribution in [-0.4, -0.2) is 11.0 Å². The summed E-state index contributed by atoms with van der Waals surface area (Å²) < 4.78 is 23.3. The molecule has 0 saturated heterocycles. The second-order valence-corrected chi connectivity index (χ2v) is 4.67. The second-order valence-electron chi connectivity index (χ2n) is 4.67. The predicted octanol–water partition coefficient (Wildman–Crippen LogP) is 3.89. The Kier molecular flexibility index (Phi) is 3.70. The lowest BCUT2D eigenvalue weighted by Crippen LogP contribution is -2.03. The Balaban J connectivity index is 1.70. The Bertz CT molecular complexity index is 850. The monoisotopic (exact) mass is 297 g/mol. The number of aromatic nitrogens is 1. The molecule has 22 heavy (non-hydrogen) atoms. The molecule has 110 valence electrons. The number of fused-ring (bicyclic) bond motifs is 1. The molecule has 0 bridgehead atoms. The van der Waals surface area contributed by atoms with E-state index in [9.17, 15) is 9.18 Å². The van der Waals surface area contributed by atoms with E-state index in [2.05, 4.69) is 4.98 Å². The van der Waals surface area contributed by atoms with Gasteiger partial charge in [-0.1, -0.05) is 12.1 Å². The van der Waals surface area contributed by atoms with E-state index >= 15 is 0 Å². The highest BCUT2D eigenvalue weighted by molar-refractivity contribution is 5.89. The van der Waals surface area contributed by atoms with Crippen molar-refractivity contribution in [1.82, 2.24) is 4.98 Å². The van der Waals surface area contributed by atoms with E-state index in [0.717, 1.165) is 0 Å². The summed E-state index contributed by atoms with van der Waals surface area (Å²) in [6.45, 7) is 1.75. The second kappa shape index (κ2) is 5.81. The van der Waals surface area contributed by atoms with Gasteiger partial charge in [-0.15, -0.1) is 0 Å². The largest absolute Gasteiger partial charge is 0.441 e. The van der Waals surface area contributed by atoms with Gasteiger partial charge in [0.2, 0.25) is 0 Å². The molecule has 0 spiro atoms. The third-order valence-electron chi connectivity index (χ3n) is 2.97. The topological polar surface area (TPSA) is 52.3 Å². The molecule has 1 heterocycles. The quantitative estimate of drug-likeness (QED) is 0.418. The van der Waals surface area contributed by atoms with Crippen LogP contribution < -0.4 is 4.74 Å². The van der Waals surface area contributed by atoms with E-state index in [0.29, 0.717) is 28.3 Å². The number of ether oxygens (including phenoxy) is 1. The summed E-state index contributed by atoms with van der Waals surface area (Å²) in [5.74, 6) is 0.0716. The van der Waals surface area contributed by atoms with Crippen molar-refractivity contribution in [2.24, 2.45) is 0 Å². The molecular formula is C17H12FNO3. The first kappa shape index (κ1) is 14.0. The van der Waals surface area contributed by atoms with Gasteiger partial charge in [-0.3, -0.25) is 0 Å². The molecule has 3 aromatic rings. The molecule has 0 fully saturated rings. The van der Waals surface area contributed by atoms with Gasteiger partial charge in [0.05, 0.1) is 0 Å². The van der Waals surface area contributed by atoms with Gasteiger partial charge in [0.15, 0.2) is 11.5 Å². The van der Waals surface area contributed by atoms with Gasteiger partial charge < -0.3 is 9.15 Å². The number of nitrogens with zero attached hydrogens (tertiary/aromatic N) is 1. The number of oxazole rings is 1. The Hall–Kier alpha value is -2.95. The number of halogens is 1. The summed E-state index contributed by atoms with van der Waals surface area (Å²) >= 11 is 0. The average Bonchev–Trinajstić information content (AvgIpc) is 2.86. The van der Waals surface area contributed by atoms with Crippen LogP contribution in [0.1, 0.15) is 11.5 Å². The highest BCUT2D eigenvalue weighted by atomic mass is 19.1. The minimum Gasteiger partial charge on any atom is -0.441 e. The highest BCUT2D eigenvalue weighted by Gasteiger charge is 2.06. The number of hydrogen-bond acceptors (Lipinski definition) is 4. The van der Waals surface area contributed by atoms with Crippen LogP contribution in [0.3, 0.4) is 0 Å². The van der Waals surface area contributed by atoms with E-state index in [1.165, 1.54) is 18.2 Å². The van der Waals surface area contributed by atoms with Crippen LogP contribution >= 0.6 is 0 Å². The SMILES string of the molecule is Cc1nc2ccc(OC(=O)/C=C/c3ccc(F)cc3)cc2o1. The van der Waals surface area contributed by atoms with Crippen LogP contribution in [0, 0.1) is 12.7 Å². The zero-order chi connectivity index (χ0) is 15.5. The molecule has 1 aromatic heterocycles. The summed E-state index contributed by atoms with van der Waals surface area (Å²) in [4.78, 5) is 15.9. The molecule has 0 N–H and O–H groups in total. The Morgan fingerprint density at radius 2 is 2.00 bits per heavy atom. The van der Waals surface area contributed by atoms with Crippen LogP contribution in [0.15, 0.2) is 53.0 Å². The van der Waals surface area contributed by atoms with E-state index in [-0.39, 0.29) is 5.82 Å². The first-order valence-electron chi connectivity index (χ1n) is 6.63. The molecule has 0 aliphatic rings. The Morgan fingerprint density at radius 1 is 1.23 bits per heavy atom. The number of carbonyl (C=O) groups is 1. The van der Waals surface area contributed by atoms with E-state index in [1.54, 1.807) is 43.3 Å². The van der Waals surface area contributed by atoms with E-state index in [4.69, 9.17) is 9.15 Å². The van der Waals surface area contributed by atoms with Gasteiger partial charge in [0, 0.05) is 19.1 Å². The third kappa shape index (κ3) is 3.20. The maximum atomic E-state index is 12.8. The summed E-state index contributed by atoms with van der Waals surface area (Å²) in [5, 5.41) is 0. The lowest BCUT2D eigenvalue weighted by molar-refractivity contribution is -0.128. The summed E-state index contributed by atoms with van der Waals surface area (Å²) in [5.41, 5.74) is 1.98. The molecule has 0 aliphatic carbocycles. The van der Waals surface area contributed by atoms with Crippen molar-refractivity contribution >= 4 is 23.1 Å². The van der Waals surface area contributed by atoms with E-state index in [1.807, 2.05) is 0 Å². The molecule has 5 heteroatoms. The van der Waals surface area contributed by atoms with Crippen molar-refractivity contribution in [2.75, 3.05) is 0 Å². The van der Waals surface area contributed by atoms with Crippen LogP contribution in [-0.2, 0) is 4.79 Å². The fraction of sp³-hybridized carbons (Fsp3) is 0.0588. The molecule has 0 amide bonds. The summed E-state index contributed by atoms with van der Waals surface area (Å²) in [6, 6.07) is 10.8. The number of hydrogen-bond donors (Lipinski definition) is 0. The van der Waals surface area contributed by atoms with Crippen LogP contribution in [0.5, 0.6) is 5.75 Å². The molecule has 0 atom stereocenters. The molecule has 0 radical (unpaired) electrons. The number of rotatable bonds is 3. The summed E-state index contributed by atoms with van der Waals surface area (Å²) in [6.07, 6.45) is 2.84. The van der Waals surface area contributed by atoms with Gasteiger partial charge in [-0.05, 0) is 35.9 Å². The molecule has 2 aromatic carbocycles. The van der Waals surface area contributed by atoms with Gasteiger partial charge >= 0.3 is 5.97 Å². The van der Waals surface area contributed by atoms with Crippen molar-refractivity contribution in [3.63, 3.8) is 0 Å². The number of esters is 1. The normalized spacial score (nSPS) is 11.2. The standard InChI is InChI=1S/C17H12FNO3/c1-11-19-15-8-7-14(10-16(15)21-11)22-17(20)9-4-12-2-5-13(18)6-3-12/h2-10H,1H3/b9-4+. The maximum absolute atomic E-state index is 12.8. The smallest absolute Gasteiger partial charge is 0.336 e. The van der Waals surface area contributed by atoms with Gasteiger partial charge in [0.25, 0.3) is 0 Å². The lowest BCUT2D eigenvalue weighted by Gasteiger charge is -2.00. The Morgan fingerprint density at radius 3 is 2.77 bits per heavy atom. The number of carbonyl (C=O) groups excluding carboxylic acids is 1.